The molecule has 0 atom stereocenters. The molecular formula is C25H18BrN3O8S. The Morgan fingerprint density at radius 1 is 0.974 bits per heavy atom. The van der Waals surface area contributed by atoms with Crippen molar-refractivity contribution in [3.8, 4) is 17.2 Å². The second-order valence-electron chi connectivity index (χ2n) is 7.81. The molecule has 38 heavy (non-hydrogen) atoms. The lowest BCUT2D eigenvalue weighted by Gasteiger charge is -2.13. The molecule has 13 heteroatoms. The van der Waals surface area contributed by atoms with Crippen LogP contribution in [-0.2, 0) is 11.3 Å². The van der Waals surface area contributed by atoms with Gasteiger partial charge in [0, 0.05) is 10.5 Å². The molecule has 11 nitrogen and oxygen atoms in total. The number of benzene rings is 3. The van der Waals surface area contributed by atoms with Gasteiger partial charge in [-0.15, -0.1) is 0 Å². The predicted octanol–water partition coefficient (Wildman–Crippen LogP) is 6.69. The van der Waals surface area contributed by atoms with Gasteiger partial charge in [-0.2, -0.15) is 0 Å². The van der Waals surface area contributed by atoms with Crippen LogP contribution in [0.15, 0.2) is 70.0 Å². The number of nitro benzene ring substituents is 2. The number of imide groups is 1. The molecule has 0 aromatic heterocycles. The highest BCUT2D eigenvalue weighted by Crippen LogP contribution is 2.40. The first kappa shape index (κ1) is 26.8. The standard InChI is InChI=1S/C25H18BrN3O8S/c1-2-36-22-11-15(6-8-21(22)37-20-9-7-18(28(32)33)13-19(20)29(34)35)12-23-24(30)27(25(31)38-23)14-16-4-3-5-17(26)10-16/h3-13H,2,14H2,1H3/b23-12+. The normalized spacial score (nSPS) is 14.2. The van der Waals surface area contributed by atoms with Crippen LogP contribution in [0.1, 0.15) is 18.1 Å². The second kappa shape index (κ2) is 11.4. The molecule has 1 heterocycles. The molecule has 0 unspecified atom stereocenters. The summed E-state index contributed by atoms with van der Waals surface area (Å²) in [5.74, 6) is -0.284. The molecule has 0 bridgehead atoms. The van der Waals surface area contributed by atoms with Crippen molar-refractivity contribution in [2.75, 3.05) is 6.61 Å². The molecule has 1 aliphatic rings. The van der Waals surface area contributed by atoms with Gasteiger partial charge in [-0.05, 0) is 66.2 Å². The molecule has 2 amide bonds. The summed E-state index contributed by atoms with van der Waals surface area (Å²) in [7, 11) is 0. The third-order valence-electron chi connectivity index (χ3n) is 5.24. The Labute approximate surface area is 228 Å². The summed E-state index contributed by atoms with van der Waals surface area (Å²) in [5, 5.41) is 22.1. The van der Waals surface area contributed by atoms with Gasteiger partial charge in [-0.3, -0.25) is 34.7 Å². The fourth-order valence-corrected chi connectivity index (χ4v) is 4.82. The van der Waals surface area contributed by atoms with E-state index < -0.39 is 32.4 Å². The van der Waals surface area contributed by atoms with Gasteiger partial charge in [-0.1, -0.05) is 34.1 Å². The molecule has 0 spiro atoms. The number of hydrogen-bond donors (Lipinski definition) is 0. The van der Waals surface area contributed by atoms with E-state index in [1.54, 1.807) is 25.1 Å². The van der Waals surface area contributed by atoms with Gasteiger partial charge in [0.25, 0.3) is 16.8 Å². The topological polar surface area (TPSA) is 142 Å². The van der Waals surface area contributed by atoms with Gasteiger partial charge in [0.15, 0.2) is 11.5 Å². The number of ether oxygens (including phenoxy) is 2. The first-order valence-corrected chi connectivity index (χ1v) is 12.6. The highest BCUT2D eigenvalue weighted by Gasteiger charge is 2.35. The Kier molecular flexibility index (Phi) is 8.08. The number of hydrogen-bond acceptors (Lipinski definition) is 9. The number of nitro groups is 2. The smallest absolute Gasteiger partial charge is 0.318 e. The Morgan fingerprint density at radius 2 is 1.74 bits per heavy atom. The monoisotopic (exact) mass is 599 g/mol. The van der Waals surface area contributed by atoms with Crippen molar-refractivity contribution in [3.05, 3.63) is 101 Å². The maximum absolute atomic E-state index is 12.9. The van der Waals surface area contributed by atoms with E-state index in [-0.39, 0.29) is 35.3 Å². The summed E-state index contributed by atoms with van der Waals surface area (Å²) in [6, 6.07) is 15.0. The molecule has 3 aromatic carbocycles. The summed E-state index contributed by atoms with van der Waals surface area (Å²) in [4.78, 5) is 47.8. The van der Waals surface area contributed by atoms with Crippen molar-refractivity contribution in [1.29, 1.82) is 0 Å². The Balaban J connectivity index is 1.60. The van der Waals surface area contributed by atoms with Crippen molar-refractivity contribution in [2.45, 2.75) is 13.5 Å². The van der Waals surface area contributed by atoms with Crippen LogP contribution in [0.3, 0.4) is 0 Å². The largest absolute Gasteiger partial charge is 0.490 e. The highest BCUT2D eigenvalue weighted by molar-refractivity contribution is 9.10. The van der Waals surface area contributed by atoms with Crippen molar-refractivity contribution in [3.63, 3.8) is 0 Å². The van der Waals surface area contributed by atoms with Crippen molar-refractivity contribution in [2.24, 2.45) is 0 Å². The molecule has 1 fully saturated rings. The minimum absolute atomic E-state index is 0.128. The summed E-state index contributed by atoms with van der Waals surface area (Å²) in [6.07, 6.45) is 1.55. The van der Waals surface area contributed by atoms with Gasteiger partial charge in [0.05, 0.1) is 34.0 Å². The van der Waals surface area contributed by atoms with Gasteiger partial charge >= 0.3 is 5.69 Å². The van der Waals surface area contributed by atoms with Crippen LogP contribution < -0.4 is 9.47 Å². The summed E-state index contributed by atoms with van der Waals surface area (Å²) in [6.45, 7) is 2.11. The fraction of sp³-hybridized carbons (Fsp3) is 0.120. The number of carbonyl (C=O) groups excluding carboxylic acids is 2. The molecule has 0 radical (unpaired) electrons. The van der Waals surface area contributed by atoms with Crippen LogP contribution in [0, 0.1) is 20.2 Å². The minimum Gasteiger partial charge on any atom is -0.490 e. The van der Waals surface area contributed by atoms with E-state index in [2.05, 4.69) is 15.9 Å². The SMILES string of the molecule is CCOc1cc(/C=C2/SC(=O)N(Cc3cccc(Br)c3)C2=O)ccc1Oc1ccc([N+](=O)[O-])cc1[N+](=O)[O-]. The zero-order valence-corrected chi connectivity index (χ0v) is 22.1. The molecule has 0 saturated carbocycles. The number of amides is 2. The number of non-ortho nitro benzene ring substituents is 1. The van der Waals surface area contributed by atoms with Crippen LogP contribution in [0.5, 0.6) is 17.2 Å². The van der Waals surface area contributed by atoms with E-state index in [4.69, 9.17) is 9.47 Å². The Morgan fingerprint density at radius 3 is 2.42 bits per heavy atom. The molecular weight excluding hydrogens is 582 g/mol. The lowest BCUT2D eigenvalue weighted by atomic mass is 10.1. The van der Waals surface area contributed by atoms with Gasteiger partial charge in [-0.25, -0.2) is 0 Å². The lowest BCUT2D eigenvalue weighted by molar-refractivity contribution is -0.394. The van der Waals surface area contributed by atoms with Crippen molar-refractivity contribution in [1.82, 2.24) is 4.90 Å². The minimum atomic E-state index is -0.776. The Bertz CT molecular complexity index is 1490. The van der Waals surface area contributed by atoms with E-state index in [1.165, 1.54) is 6.07 Å². The maximum atomic E-state index is 12.9. The van der Waals surface area contributed by atoms with Crippen LogP contribution >= 0.6 is 27.7 Å². The molecule has 3 aromatic rings. The summed E-state index contributed by atoms with van der Waals surface area (Å²) >= 11 is 4.20. The zero-order chi connectivity index (χ0) is 27.4. The van der Waals surface area contributed by atoms with E-state index in [0.717, 1.165) is 44.9 Å². The fourth-order valence-electron chi connectivity index (χ4n) is 3.54. The van der Waals surface area contributed by atoms with Gasteiger partial charge < -0.3 is 9.47 Å². The van der Waals surface area contributed by atoms with E-state index in [1.807, 2.05) is 24.3 Å². The molecule has 0 N–H and O–H groups in total. The van der Waals surface area contributed by atoms with Crippen molar-refractivity contribution < 1.29 is 28.9 Å². The first-order chi connectivity index (χ1) is 18.2. The van der Waals surface area contributed by atoms with Crippen LogP contribution in [0.25, 0.3) is 6.08 Å². The number of nitrogens with zero attached hydrogens (tertiary/aromatic N) is 3. The lowest BCUT2D eigenvalue weighted by Crippen LogP contribution is -2.27. The number of carbonyl (C=O) groups is 2. The molecule has 0 aliphatic carbocycles. The van der Waals surface area contributed by atoms with Crippen LogP contribution in [0.4, 0.5) is 16.2 Å². The summed E-state index contributed by atoms with van der Waals surface area (Å²) in [5.41, 5.74) is 0.304. The average Bonchev–Trinajstić information content (AvgIpc) is 3.13. The quantitative estimate of drug-likeness (QED) is 0.149. The molecule has 1 aliphatic heterocycles. The first-order valence-electron chi connectivity index (χ1n) is 11.0. The second-order valence-corrected chi connectivity index (χ2v) is 9.71. The van der Waals surface area contributed by atoms with E-state index >= 15 is 0 Å². The number of halogens is 1. The predicted molar refractivity (Wildman–Crippen MR) is 143 cm³/mol. The average molecular weight is 600 g/mol. The third kappa shape index (κ3) is 6.01. The Hall–Kier alpha value is -4.23. The highest BCUT2D eigenvalue weighted by atomic mass is 79.9. The van der Waals surface area contributed by atoms with E-state index in [0.29, 0.717) is 5.56 Å². The third-order valence-corrected chi connectivity index (χ3v) is 6.64. The van der Waals surface area contributed by atoms with Gasteiger partial charge in [0.1, 0.15) is 0 Å². The molecule has 4 rings (SSSR count). The number of rotatable bonds is 9. The molecule has 1 saturated heterocycles. The zero-order valence-electron chi connectivity index (χ0n) is 19.7. The number of thioether (sulfide) groups is 1. The van der Waals surface area contributed by atoms with E-state index in [9.17, 15) is 29.8 Å². The van der Waals surface area contributed by atoms with Crippen LogP contribution in [0.2, 0.25) is 0 Å². The van der Waals surface area contributed by atoms with Crippen LogP contribution in [-0.4, -0.2) is 32.5 Å². The van der Waals surface area contributed by atoms with Crippen molar-refractivity contribution >= 4 is 56.3 Å². The van der Waals surface area contributed by atoms with Gasteiger partial charge in [0.2, 0.25) is 5.75 Å². The maximum Gasteiger partial charge on any atom is 0.318 e. The molecule has 194 valence electrons. The summed E-state index contributed by atoms with van der Waals surface area (Å²) < 4.78 is 12.2.